The summed E-state index contributed by atoms with van der Waals surface area (Å²) < 4.78 is 10.8. The first-order chi connectivity index (χ1) is 11.8. The van der Waals surface area contributed by atoms with Gasteiger partial charge in [0, 0.05) is 31.2 Å². The second kappa shape index (κ2) is 7.23. The van der Waals surface area contributed by atoms with E-state index in [1.54, 1.807) is 0 Å². The monoisotopic (exact) mass is 333 g/mol. The molecule has 24 heavy (non-hydrogen) atoms. The molecule has 1 aliphatic carbocycles. The molecule has 0 bridgehead atoms. The van der Waals surface area contributed by atoms with Crippen molar-refractivity contribution in [3.05, 3.63) is 17.0 Å². The van der Waals surface area contributed by atoms with E-state index in [2.05, 4.69) is 15.4 Å². The van der Waals surface area contributed by atoms with Crippen LogP contribution in [0.4, 0.5) is 0 Å². The van der Waals surface area contributed by atoms with Gasteiger partial charge in [0.2, 0.25) is 0 Å². The van der Waals surface area contributed by atoms with Gasteiger partial charge in [-0.2, -0.15) is 0 Å². The predicted octanol–water partition coefficient (Wildman–Crippen LogP) is 1.78. The molecule has 6 heteroatoms. The number of hydrogen-bond donors (Lipinski definition) is 1. The minimum absolute atomic E-state index is 0.0616. The number of ether oxygens (including phenoxy) is 1. The number of carbonyl (C=O) groups excluding carboxylic acids is 1. The fourth-order valence-corrected chi connectivity index (χ4v) is 4.22. The molecule has 6 nitrogen and oxygen atoms in total. The summed E-state index contributed by atoms with van der Waals surface area (Å²) in [6.07, 6.45) is 7.55. The topological polar surface area (TPSA) is 67.6 Å². The van der Waals surface area contributed by atoms with Crippen LogP contribution in [0.3, 0.4) is 0 Å². The summed E-state index contributed by atoms with van der Waals surface area (Å²) in [5, 5.41) is 7.10. The Hall–Kier alpha value is -1.40. The Kier molecular flexibility index (Phi) is 4.85. The number of nitrogens with one attached hydrogen (secondary N) is 1. The Bertz CT molecular complexity index is 572. The number of amides is 1. The van der Waals surface area contributed by atoms with Crippen LogP contribution < -0.4 is 5.32 Å². The third kappa shape index (κ3) is 3.35. The predicted molar refractivity (Wildman–Crippen MR) is 89.0 cm³/mol. The van der Waals surface area contributed by atoms with E-state index in [1.807, 2.05) is 0 Å². The van der Waals surface area contributed by atoms with Crippen LogP contribution in [0.5, 0.6) is 0 Å². The molecule has 2 fully saturated rings. The maximum absolute atomic E-state index is 12.4. The second-order valence-electron chi connectivity index (χ2n) is 7.35. The fourth-order valence-electron chi connectivity index (χ4n) is 4.22. The zero-order valence-electron chi connectivity index (χ0n) is 14.3. The molecule has 1 atom stereocenters. The summed E-state index contributed by atoms with van der Waals surface area (Å²) in [6, 6.07) is 0.613. The first-order valence-corrected chi connectivity index (χ1v) is 9.38. The first-order valence-electron chi connectivity index (χ1n) is 9.38. The highest BCUT2D eigenvalue weighted by Crippen LogP contribution is 2.25. The lowest BCUT2D eigenvalue weighted by molar-refractivity contribution is 0.0902. The summed E-state index contributed by atoms with van der Waals surface area (Å²) in [5.74, 6) is 1.42. The molecule has 0 spiro atoms. The molecule has 3 heterocycles. The molecule has 132 valence electrons. The molecule has 0 radical (unpaired) electrons. The molecule has 4 rings (SSSR count). The number of likely N-dealkylation sites (tertiary alicyclic amines) is 1. The summed E-state index contributed by atoms with van der Waals surface area (Å²) in [5.41, 5.74) is 1.56. The smallest absolute Gasteiger partial charge is 0.273 e. The van der Waals surface area contributed by atoms with Crippen LogP contribution in [0.2, 0.25) is 0 Å². The van der Waals surface area contributed by atoms with E-state index in [0.717, 1.165) is 82.7 Å². The number of aryl methyl sites for hydroxylation is 1. The summed E-state index contributed by atoms with van der Waals surface area (Å²) in [4.78, 5) is 15.0. The minimum Gasteiger partial charge on any atom is -0.380 e. The van der Waals surface area contributed by atoms with Gasteiger partial charge in [0.1, 0.15) is 5.76 Å². The van der Waals surface area contributed by atoms with Crippen LogP contribution in [-0.4, -0.2) is 54.9 Å². The van der Waals surface area contributed by atoms with Gasteiger partial charge in [-0.05, 0) is 57.5 Å². The van der Waals surface area contributed by atoms with Crippen molar-refractivity contribution in [2.45, 2.75) is 51.0 Å². The maximum atomic E-state index is 12.4. The number of aromatic nitrogens is 1. The molecular weight excluding hydrogens is 306 g/mol. The molecule has 2 aliphatic heterocycles. The van der Waals surface area contributed by atoms with E-state index in [1.165, 1.54) is 6.42 Å². The van der Waals surface area contributed by atoms with Crippen molar-refractivity contribution < 1.29 is 14.1 Å². The highest BCUT2D eigenvalue weighted by atomic mass is 16.5. The largest absolute Gasteiger partial charge is 0.380 e. The molecule has 0 unspecified atom stereocenters. The summed E-state index contributed by atoms with van der Waals surface area (Å²) >= 11 is 0. The van der Waals surface area contributed by atoms with E-state index in [9.17, 15) is 4.79 Å². The van der Waals surface area contributed by atoms with E-state index >= 15 is 0 Å². The first kappa shape index (κ1) is 16.1. The van der Waals surface area contributed by atoms with Gasteiger partial charge in [-0.25, -0.2) is 0 Å². The molecule has 1 aromatic rings. The normalized spacial score (nSPS) is 25.6. The second-order valence-corrected chi connectivity index (χ2v) is 7.35. The molecule has 0 aromatic carbocycles. The molecular formula is C18H27N3O3. The van der Waals surface area contributed by atoms with Crippen molar-refractivity contribution in [1.29, 1.82) is 0 Å². The maximum Gasteiger partial charge on any atom is 0.273 e. The number of rotatable bonds is 4. The average molecular weight is 333 g/mol. The third-order valence-corrected chi connectivity index (χ3v) is 5.79. The van der Waals surface area contributed by atoms with Crippen molar-refractivity contribution in [2.24, 2.45) is 5.92 Å². The quantitative estimate of drug-likeness (QED) is 0.910. The number of nitrogens with zero attached hydrogens (tertiary/aromatic N) is 2. The highest BCUT2D eigenvalue weighted by Gasteiger charge is 2.28. The Morgan fingerprint density at radius 1 is 1.21 bits per heavy atom. The van der Waals surface area contributed by atoms with Crippen molar-refractivity contribution in [3.63, 3.8) is 0 Å². The third-order valence-electron chi connectivity index (χ3n) is 5.79. The van der Waals surface area contributed by atoms with Gasteiger partial charge in [0.05, 0.1) is 6.61 Å². The Balaban J connectivity index is 1.25. The van der Waals surface area contributed by atoms with Crippen LogP contribution in [0.15, 0.2) is 4.52 Å². The van der Waals surface area contributed by atoms with Crippen LogP contribution >= 0.6 is 0 Å². The number of piperidine rings is 1. The summed E-state index contributed by atoms with van der Waals surface area (Å²) in [6.45, 7) is 4.78. The fraction of sp³-hybridized carbons (Fsp3) is 0.778. The van der Waals surface area contributed by atoms with E-state index in [4.69, 9.17) is 9.26 Å². The molecule has 3 aliphatic rings. The zero-order valence-corrected chi connectivity index (χ0v) is 14.3. The number of fused-ring (bicyclic) bond motifs is 1. The van der Waals surface area contributed by atoms with Crippen molar-refractivity contribution >= 4 is 5.91 Å². The van der Waals surface area contributed by atoms with Crippen molar-refractivity contribution in [3.8, 4) is 0 Å². The highest BCUT2D eigenvalue weighted by molar-refractivity contribution is 5.93. The average Bonchev–Trinajstić information content (AvgIpc) is 3.30. The minimum atomic E-state index is -0.0616. The lowest BCUT2D eigenvalue weighted by atomic mass is 9.94. The van der Waals surface area contributed by atoms with E-state index < -0.39 is 0 Å². The van der Waals surface area contributed by atoms with Gasteiger partial charge in [0.25, 0.3) is 5.91 Å². The van der Waals surface area contributed by atoms with Crippen LogP contribution in [0, 0.1) is 5.92 Å². The van der Waals surface area contributed by atoms with Crippen LogP contribution in [0.25, 0.3) is 0 Å². The number of carbonyl (C=O) groups is 1. The van der Waals surface area contributed by atoms with Gasteiger partial charge in [0.15, 0.2) is 5.69 Å². The van der Waals surface area contributed by atoms with Gasteiger partial charge < -0.3 is 14.6 Å². The Labute approximate surface area is 142 Å². The molecule has 1 amide bonds. The molecule has 0 saturated carbocycles. The van der Waals surface area contributed by atoms with Gasteiger partial charge in [-0.3, -0.25) is 9.69 Å². The molecule has 2 saturated heterocycles. The Morgan fingerprint density at radius 3 is 2.83 bits per heavy atom. The van der Waals surface area contributed by atoms with Crippen molar-refractivity contribution in [1.82, 2.24) is 15.4 Å². The molecule has 1 aromatic heterocycles. The SMILES string of the molecule is O=C(NCC1CCN([C@H]2CCOC2)CC1)c1noc2c1CCCC2. The van der Waals surface area contributed by atoms with Gasteiger partial charge in [-0.1, -0.05) is 5.16 Å². The Morgan fingerprint density at radius 2 is 2.04 bits per heavy atom. The summed E-state index contributed by atoms with van der Waals surface area (Å²) in [7, 11) is 0. The van der Waals surface area contributed by atoms with Crippen LogP contribution in [-0.2, 0) is 17.6 Å². The van der Waals surface area contributed by atoms with Crippen LogP contribution in [0.1, 0.15) is 53.9 Å². The zero-order chi connectivity index (χ0) is 16.4. The lowest BCUT2D eigenvalue weighted by Gasteiger charge is -2.35. The van der Waals surface area contributed by atoms with Gasteiger partial charge in [-0.15, -0.1) is 0 Å². The van der Waals surface area contributed by atoms with E-state index in [-0.39, 0.29) is 5.91 Å². The van der Waals surface area contributed by atoms with Crippen molar-refractivity contribution in [2.75, 3.05) is 32.8 Å². The lowest BCUT2D eigenvalue weighted by Crippen LogP contribution is -2.44. The van der Waals surface area contributed by atoms with E-state index in [0.29, 0.717) is 17.7 Å². The van der Waals surface area contributed by atoms with Gasteiger partial charge >= 0.3 is 0 Å². The standard InChI is InChI=1S/C18H27N3O3/c22-18(17-15-3-1-2-4-16(15)24-20-17)19-11-13-5-8-21(9-6-13)14-7-10-23-12-14/h13-14H,1-12H2,(H,19,22)/t14-/m0/s1. The molecule has 1 N–H and O–H groups in total. The number of hydrogen-bond acceptors (Lipinski definition) is 5.